The topological polar surface area (TPSA) is 92.5 Å². The largest absolute Gasteiger partial charge is 0.369 e. The summed E-state index contributed by atoms with van der Waals surface area (Å²) in [6.45, 7) is 3.12. The van der Waals surface area contributed by atoms with Crippen molar-refractivity contribution in [2.24, 2.45) is 11.7 Å². The van der Waals surface area contributed by atoms with Crippen molar-refractivity contribution in [2.75, 3.05) is 26.2 Å². The Hall–Kier alpha value is -2.21. The molecule has 0 aromatic heterocycles. The van der Waals surface area contributed by atoms with Gasteiger partial charge in [0.2, 0.25) is 5.91 Å². The van der Waals surface area contributed by atoms with Crippen LogP contribution in [0.1, 0.15) is 52.0 Å². The molecule has 2 aliphatic rings. The molecule has 1 aliphatic heterocycles. The number of ketones is 1. The van der Waals surface area contributed by atoms with Crippen molar-refractivity contribution in [1.82, 2.24) is 10.2 Å². The van der Waals surface area contributed by atoms with E-state index in [0.717, 1.165) is 44.5 Å². The van der Waals surface area contributed by atoms with E-state index in [1.165, 1.54) is 0 Å². The lowest BCUT2D eigenvalue weighted by Crippen LogP contribution is -2.42. The van der Waals surface area contributed by atoms with Crippen molar-refractivity contribution in [3.63, 3.8) is 0 Å². The fourth-order valence-electron chi connectivity index (χ4n) is 3.79. The van der Waals surface area contributed by atoms with Crippen LogP contribution in [0.5, 0.6) is 0 Å². The van der Waals surface area contributed by atoms with Gasteiger partial charge in [-0.1, -0.05) is 12.1 Å². The Kier molecular flexibility index (Phi) is 5.48. The number of carbonyl (C=O) groups is 3. The minimum Gasteiger partial charge on any atom is -0.369 e. The van der Waals surface area contributed by atoms with Gasteiger partial charge in [0.05, 0.1) is 5.92 Å². The normalized spacial score (nSPS) is 20.3. The number of nitrogens with zero attached hydrogens (tertiary/aromatic N) is 1. The van der Waals surface area contributed by atoms with Crippen LogP contribution in [0.15, 0.2) is 18.2 Å². The summed E-state index contributed by atoms with van der Waals surface area (Å²) in [5.74, 6) is -0.253. The minimum absolute atomic E-state index is 0.0483. The maximum absolute atomic E-state index is 12.4. The number of Topliss-reactive ketones (excluding diaryl/α,β-unsaturated/α-hetero) is 1. The van der Waals surface area contributed by atoms with E-state index in [0.29, 0.717) is 30.5 Å². The van der Waals surface area contributed by atoms with Gasteiger partial charge >= 0.3 is 0 Å². The van der Waals surface area contributed by atoms with Crippen LogP contribution in [0.4, 0.5) is 0 Å². The number of primary amides is 1. The van der Waals surface area contributed by atoms with E-state index >= 15 is 0 Å². The number of amides is 2. The monoisotopic (exact) mass is 343 g/mol. The summed E-state index contributed by atoms with van der Waals surface area (Å²) in [6.07, 6.45) is 3.84. The van der Waals surface area contributed by atoms with Crippen molar-refractivity contribution in [3.05, 3.63) is 34.9 Å². The first-order valence-electron chi connectivity index (χ1n) is 9.01. The highest BCUT2D eigenvalue weighted by Crippen LogP contribution is 2.25. The zero-order chi connectivity index (χ0) is 17.8. The van der Waals surface area contributed by atoms with Crippen LogP contribution in [0, 0.1) is 5.92 Å². The molecular weight excluding hydrogens is 318 g/mol. The molecule has 6 heteroatoms. The lowest BCUT2D eigenvalue weighted by atomic mass is 9.97. The molecule has 3 N–H and O–H groups in total. The third-order valence-electron chi connectivity index (χ3n) is 5.17. The van der Waals surface area contributed by atoms with Gasteiger partial charge in [-0.25, -0.2) is 0 Å². The fourth-order valence-corrected chi connectivity index (χ4v) is 3.79. The summed E-state index contributed by atoms with van der Waals surface area (Å²) in [5.41, 5.74) is 7.59. The third-order valence-corrected chi connectivity index (χ3v) is 5.17. The summed E-state index contributed by atoms with van der Waals surface area (Å²) in [5, 5.41) is 2.95. The first-order valence-corrected chi connectivity index (χ1v) is 9.01. The molecular formula is C19H25N3O3. The molecule has 0 saturated carbocycles. The van der Waals surface area contributed by atoms with Gasteiger partial charge in [-0.2, -0.15) is 0 Å². The van der Waals surface area contributed by atoms with E-state index in [1.54, 1.807) is 18.2 Å². The van der Waals surface area contributed by atoms with Crippen molar-refractivity contribution >= 4 is 17.6 Å². The summed E-state index contributed by atoms with van der Waals surface area (Å²) in [4.78, 5) is 37.7. The molecule has 0 unspecified atom stereocenters. The number of benzene rings is 1. The van der Waals surface area contributed by atoms with Gasteiger partial charge in [0.1, 0.15) is 0 Å². The van der Waals surface area contributed by atoms with Crippen molar-refractivity contribution in [1.29, 1.82) is 0 Å². The Balaban J connectivity index is 1.46. The number of nitrogens with two attached hydrogens (primary N) is 1. The standard InChI is InChI=1S/C19H25N3O3/c20-18(24)13-4-2-10-22(12-13)11-3-9-21-19(25)16-6-1-5-15-14(16)7-8-17(15)23/h1,5-6,13H,2-4,7-12H2,(H2,20,24)(H,21,25)/t13-/m1/s1. The number of likely N-dealkylation sites (tertiary alicyclic amines) is 1. The van der Waals surface area contributed by atoms with Crippen LogP contribution in [0.3, 0.4) is 0 Å². The molecule has 134 valence electrons. The zero-order valence-electron chi connectivity index (χ0n) is 14.4. The number of piperidine rings is 1. The number of rotatable bonds is 6. The summed E-state index contributed by atoms with van der Waals surface area (Å²) in [6, 6.07) is 5.36. The zero-order valence-corrected chi connectivity index (χ0v) is 14.4. The first kappa shape index (κ1) is 17.6. The number of nitrogens with one attached hydrogen (secondary N) is 1. The highest BCUT2D eigenvalue weighted by Gasteiger charge is 2.25. The molecule has 6 nitrogen and oxygen atoms in total. The van der Waals surface area contributed by atoms with E-state index in [4.69, 9.17) is 5.73 Å². The molecule has 1 fully saturated rings. The lowest BCUT2D eigenvalue weighted by molar-refractivity contribution is -0.123. The Morgan fingerprint density at radius 2 is 2.12 bits per heavy atom. The molecule has 0 bridgehead atoms. The second-order valence-electron chi connectivity index (χ2n) is 6.91. The predicted molar refractivity (Wildman–Crippen MR) is 94.4 cm³/mol. The van der Waals surface area contributed by atoms with Gasteiger partial charge < -0.3 is 16.0 Å². The highest BCUT2D eigenvalue weighted by atomic mass is 16.2. The minimum atomic E-state index is -0.217. The van der Waals surface area contributed by atoms with Crippen LogP contribution in [0.25, 0.3) is 0 Å². The number of hydrogen-bond acceptors (Lipinski definition) is 4. The highest BCUT2D eigenvalue weighted by molar-refractivity contribution is 6.05. The Morgan fingerprint density at radius 3 is 2.92 bits per heavy atom. The van der Waals surface area contributed by atoms with Crippen molar-refractivity contribution in [3.8, 4) is 0 Å². The smallest absolute Gasteiger partial charge is 0.251 e. The van der Waals surface area contributed by atoms with E-state index in [2.05, 4.69) is 10.2 Å². The van der Waals surface area contributed by atoms with Gasteiger partial charge in [-0.15, -0.1) is 0 Å². The summed E-state index contributed by atoms with van der Waals surface area (Å²) in [7, 11) is 0. The van der Waals surface area contributed by atoms with Crippen LogP contribution < -0.4 is 11.1 Å². The molecule has 2 amide bonds. The van der Waals surface area contributed by atoms with Crippen molar-refractivity contribution < 1.29 is 14.4 Å². The number of hydrogen-bond donors (Lipinski definition) is 2. The molecule has 1 saturated heterocycles. The third kappa shape index (κ3) is 4.07. The molecule has 1 aliphatic carbocycles. The average molecular weight is 343 g/mol. The molecule has 0 spiro atoms. The first-order chi connectivity index (χ1) is 12.1. The van der Waals surface area contributed by atoms with Crippen molar-refractivity contribution in [2.45, 2.75) is 32.1 Å². The van der Waals surface area contributed by atoms with Crippen LogP contribution in [0.2, 0.25) is 0 Å². The van der Waals surface area contributed by atoms with E-state index < -0.39 is 0 Å². The number of fused-ring (bicyclic) bond motifs is 1. The van der Waals surface area contributed by atoms with E-state index in [-0.39, 0.29) is 23.5 Å². The second kappa shape index (κ2) is 7.78. The Morgan fingerprint density at radius 1 is 1.28 bits per heavy atom. The van der Waals surface area contributed by atoms with Gasteiger partial charge in [0, 0.05) is 30.6 Å². The summed E-state index contributed by atoms with van der Waals surface area (Å²) >= 11 is 0. The molecule has 0 radical (unpaired) electrons. The molecule has 1 heterocycles. The maximum atomic E-state index is 12.4. The average Bonchev–Trinajstić information content (AvgIpc) is 3.00. The lowest BCUT2D eigenvalue weighted by Gasteiger charge is -2.31. The number of carbonyl (C=O) groups excluding carboxylic acids is 3. The maximum Gasteiger partial charge on any atom is 0.251 e. The van der Waals surface area contributed by atoms with Gasteiger partial charge in [0.15, 0.2) is 5.78 Å². The van der Waals surface area contributed by atoms with Crippen LogP contribution in [-0.4, -0.2) is 48.7 Å². The molecule has 1 aromatic rings. The SMILES string of the molecule is NC(=O)[C@@H]1CCCN(CCCNC(=O)c2cccc3c2CCC3=O)C1. The Labute approximate surface area is 147 Å². The molecule has 3 rings (SSSR count). The van der Waals surface area contributed by atoms with E-state index in [9.17, 15) is 14.4 Å². The predicted octanol–water partition coefficient (Wildman–Crippen LogP) is 1.13. The fraction of sp³-hybridized carbons (Fsp3) is 0.526. The second-order valence-corrected chi connectivity index (χ2v) is 6.91. The Bertz CT molecular complexity index is 686. The molecule has 1 atom stereocenters. The van der Waals surface area contributed by atoms with Gasteiger partial charge in [-0.05, 0) is 50.4 Å². The van der Waals surface area contributed by atoms with Gasteiger partial charge in [-0.3, -0.25) is 14.4 Å². The molecule has 1 aromatic carbocycles. The molecule has 25 heavy (non-hydrogen) atoms. The van der Waals surface area contributed by atoms with Crippen LogP contribution >= 0.6 is 0 Å². The van der Waals surface area contributed by atoms with Crippen LogP contribution in [-0.2, 0) is 11.2 Å². The van der Waals surface area contributed by atoms with Gasteiger partial charge in [0.25, 0.3) is 5.91 Å². The quantitative estimate of drug-likeness (QED) is 0.758. The summed E-state index contributed by atoms with van der Waals surface area (Å²) < 4.78 is 0. The van der Waals surface area contributed by atoms with E-state index in [1.807, 2.05) is 0 Å².